The minimum atomic E-state index is -4.37. The number of aromatic nitrogens is 1. The molecule has 0 radical (unpaired) electrons. The summed E-state index contributed by atoms with van der Waals surface area (Å²) in [5, 5.41) is 7.73. The smallest absolute Gasteiger partial charge is 0.385 e. The molecule has 0 aliphatic carbocycles. The van der Waals surface area contributed by atoms with Gasteiger partial charge in [0.1, 0.15) is 0 Å². The van der Waals surface area contributed by atoms with Crippen molar-refractivity contribution in [1.82, 2.24) is 15.6 Å². The molecule has 0 atom stereocenters. The molecule has 1 aromatic rings. The lowest BCUT2D eigenvalue weighted by molar-refractivity contribution is -0.140. The number of rotatable bonds is 9. The van der Waals surface area contributed by atoms with Gasteiger partial charge in [0, 0.05) is 45.7 Å². The molecule has 0 unspecified atom stereocenters. The molecule has 10 heteroatoms. The van der Waals surface area contributed by atoms with Crippen LogP contribution in [0.15, 0.2) is 10.4 Å². The summed E-state index contributed by atoms with van der Waals surface area (Å²) < 4.78 is 42.3. The largest absolute Gasteiger partial charge is 0.434 e. The summed E-state index contributed by atoms with van der Waals surface area (Å²) in [5.41, 5.74) is -0.823. The molecule has 140 valence electrons. The Kier molecular flexibility index (Phi) is 12.4. The van der Waals surface area contributed by atoms with Gasteiger partial charge in [-0.3, -0.25) is 4.99 Å². The van der Waals surface area contributed by atoms with Gasteiger partial charge in [-0.25, -0.2) is 4.98 Å². The first kappa shape index (κ1) is 23.4. The predicted octanol–water partition coefficient (Wildman–Crippen LogP) is 3.30. The summed E-state index contributed by atoms with van der Waals surface area (Å²) >= 11 is 1.02. The zero-order chi connectivity index (χ0) is 17.1. The van der Waals surface area contributed by atoms with E-state index in [1.807, 2.05) is 0 Å². The normalized spacial score (nSPS) is 12.0. The van der Waals surface area contributed by atoms with Gasteiger partial charge < -0.3 is 15.4 Å². The van der Waals surface area contributed by atoms with Gasteiger partial charge in [-0.1, -0.05) is 0 Å². The molecule has 0 aliphatic rings. The third kappa shape index (κ3) is 9.62. The molecule has 1 aromatic heterocycles. The third-order valence-electron chi connectivity index (χ3n) is 3.01. The molecule has 5 nitrogen and oxygen atoms in total. The lowest BCUT2D eigenvalue weighted by Crippen LogP contribution is -2.38. The van der Waals surface area contributed by atoms with E-state index in [1.165, 1.54) is 0 Å². The van der Waals surface area contributed by atoms with Crippen LogP contribution in [0.4, 0.5) is 13.2 Å². The Hall–Kier alpha value is -0.620. The van der Waals surface area contributed by atoms with E-state index in [2.05, 4.69) is 20.6 Å². The van der Waals surface area contributed by atoms with Gasteiger partial charge in [0.05, 0.1) is 5.01 Å². The van der Waals surface area contributed by atoms with Crippen molar-refractivity contribution < 1.29 is 17.9 Å². The van der Waals surface area contributed by atoms with Crippen LogP contribution in [0.2, 0.25) is 0 Å². The maximum Gasteiger partial charge on any atom is 0.434 e. The van der Waals surface area contributed by atoms with Crippen LogP contribution in [0, 0.1) is 0 Å². The number of aliphatic imine (C=N–C) groups is 1. The van der Waals surface area contributed by atoms with E-state index >= 15 is 0 Å². The molecule has 0 amide bonds. The van der Waals surface area contributed by atoms with Gasteiger partial charge in [0.2, 0.25) is 0 Å². The van der Waals surface area contributed by atoms with Crippen molar-refractivity contribution in [3.8, 4) is 0 Å². The Labute approximate surface area is 161 Å². The van der Waals surface area contributed by atoms with E-state index in [0.29, 0.717) is 23.9 Å². The average Bonchev–Trinajstić information content (AvgIpc) is 2.98. The molecule has 0 bridgehead atoms. The van der Waals surface area contributed by atoms with Gasteiger partial charge in [0.15, 0.2) is 11.7 Å². The van der Waals surface area contributed by atoms with Crippen molar-refractivity contribution in [3.05, 3.63) is 16.1 Å². The predicted molar refractivity (Wildman–Crippen MR) is 101 cm³/mol. The van der Waals surface area contributed by atoms with Crippen LogP contribution in [0.25, 0.3) is 0 Å². The Bertz CT molecular complexity index is 483. The summed E-state index contributed by atoms with van der Waals surface area (Å²) in [6, 6.07) is 0. The summed E-state index contributed by atoms with van der Waals surface area (Å²) in [4.78, 5) is 7.66. The number of hydrogen-bond acceptors (Lipinski definition) is 4. The highest BCUT2D eigenvalue weighted by molar-refractivity contribution is 14.0. The molecule has 2 N–H and O–H groups in total. The number of nitrogens with zero attached hydrogens (tertiary/aromatic N) is 2. The molecule has 0 spiro atoms. The zero-order valence-corrected chi connectivity index (χ0v) is 16.9. The second-order valence-corrected chi connectivity index (χ2v) is 5.80. The van der Waals surface area contributed by atoms with E-state index in [-0.39, 0.29) is 24.0 Å². The minimum absolute atomic E-state index is 0. The third-order valence-corrected chi connectivity index (χ3v) is 3.92. The molecule has 1 rings (SSSR count). The number of halogens is 4. The number of unbranched alkanes of at least 4 members (excludes halogenated alkanes) is 2. The summed E-state index contributed by atoms with van der Waals surface area (Å²) in [6.45, 7) is 2.04. The number of hydrogen-bond donors (Lipinski definition) is 2. The second kappa shape index (κ2) is 12.7. The van der Waals surface area contributed by atoms with Crippen LogP contribution in [0.3, 0.4) is 0 Å². The number of thiazole rings is 1. The average molecular weight is 480 g/mol. The lowest BCUT2D eigenvalue weighted by Gasteiger charge is -2.11. The van der Waals surface area contributed by atoms with Crippen molar-refractivity contribution >= 4 is 41.3 Å². The fraction of sp³-hybridized carbons (Fsp3) is 0.714. The van der Waals surface area contributed by atoms with Crippen molar-refractivity contribution in [2.24, 2.45) is 4.99 Å². The SMILES string of the molecule is CN=C(NCCCCCOC)NCCc1nc(C(F)(F)F)cs1.I. The Balaban J connectivity index is 0.00000529. The summed E-state index contributed by atoms with van der Waals surface area (Å²) in [6.07, 6.45) is -0.851. The van der Waals surface area contributed by atoms with E-state index in [1.54, 1.807) is 14.2 Å². The number of ether oxygens (including phenoxy) is 1. The number of guanidine groups is 1. The standard InChI is InChI=1S/C14H23F3N4OS.HI/c1-18-13(19-7-4-3-5-9-22-2)20-8-6-12-21-11(10-23-12)14(15,16)17;/h10H,3-9H2,1-2H3,(H2,18,19,20);1H. The van der Waals surface area contributed by atoms with Crippen LogP contribution >= 0.6 is 35.3 Å². The molecule has 0 saturated carbocycles. The fourth-order valence-electron chi connectivity index (χ4n) is 1.82. The van der Waals surface area contributed by atoms with E-state index in [0.717, 1.165) is 49.1 Å². The Morgan fingerprint density at radius 3 is 2.54 bits per heavy atom. The summed E-state index contributed by atoms with van der Waals surface area (Å²) in [5.74, 6) is 0.643. The first-order valence-corrected chi connectivity index (χ1v) is 8.30. The number of nitrogens with one attached hydrogen (secondary N) is 2. The fourth-order valence-corrected chi connectivity index (χ4v) is 2.62. The first-order chi connectivity index (χ1) is 11.0. The topological polar surface area (TPSA) is 58.5 Å². The number of methoxy groups -OCH3 is 1. The van der Waals surface area contributed by atoms with E-state index in [9.17, 15) is 13.2 Å². The van der Waals surface area contributed by atoms with Crippen LogP contribution in [-0.4, -0.2) is 44.8 Å². The van der Waals surface area contributed by atoms with Crippen molar-refractivity contribution in [1.29, 1.82) is 0 Å². The van der Waals surface area contributed by atoms with Crippen molar-refractivity contribution in [3.63, 3.8) is 0 Å². The molecule has 24 heavy (non-hydrogen) atoms. The number of alkyl halides is 3. The second-order valence-electron chi connectivity index (χ2n) is 4.85. The molecular formula is C14H24F3IN4OS. The first-order valence-electron chi connectivity index (χ1n) is 7.42. The molecule has 0 fully saturated rings. The maximum atomic E-state index is 12.4. The van der Waals surface area contributed by atoms with Crippen LogP contribution in [-0.2, 0) is 17.3 Å². The van der Waals surface area contributed by atoms with Crippen molar-refractivity contribution in [2.45, 2.75) is 31.9 Å². The van der Waals surface area contributed by atoms with Gasteiger partial charge >= 0.3 is 6.18 Å². The molecule has 0 saturated heterocycles. The van der Waals surface area contributed by atoms with Crippen LogP contribution in [0.5, 0.6) is 0 Å². The Morgan fingerprint density at radius 2 is 1.96 bits per heavy atom. The minimum Gasteiger partial charge on any atom is -0.385 e. The highest BCUT2D eigenvalue weighted by atomic mass is 127. The highest BCUT2D eigenvalue weighted by Gasteiger charge is 2.33. The molecule has 0 aliphatic heterocycles. The molecule has 1 heterocycles. The summed E-state index contributed by atoms with van der Waals surface area (Å²) in [7, 11) is 3.34. The molecular weight excluding hydrogens is 456 g/mol. The van der Waals surface area contributed by atoms with Crippen LogP contribution in [0.1, 0.15) is 30.0 Å². The van der Waals surface area contributed by atoms with E-state index < -0.39 is 11.9 Å². The Morgan fingerprint density at radius 1 is 1.25 bits per heavy atom. The van der Waals surface area contributed by atoms with Crippen molar-refractivity contribution in [2.75, 3.05) is 33.9 Å². The van der Waals surface area contributed by atoms with Crippen LogP contribution < -0.4 is 10.6 Å². The van der Waals surface area contributed by atoms with Gasteiger partial charge in [-0.15, -0.1) is 35.3 Å². The monoisotopic (exact) mass is 480 g/mol. The van der Waals surface area contributed by atoms with Gasteiger partial charge in [0.25, 0.3) is 0 Å². The molecule has 0 aromatic carbocycles. The highest BCUT2D eigenvalue weighted by Crippen LogP contribution is 2.29. The quantitative estimate of drug-likeness (QED) is 0.247. The zero-order valence-electron chi connectivity index (χ0n) is 13.8. The lowest BCUT2D eigenvalue weighted by atomic mass is 10.2. The van der Waals surface area contributed by atoms with E-state index in [4.69, 9.17) is 4.74 Å². The van der Waals surface area contributed by atoms with Gasteiger partial charge in [-0.2, -0.15) is 13.2 Å². The van der Waals surface area contributed by atoms with Gasteiger partial charge in [-0.05, 0) is 19.3 Å². The maximum absolute atomic E-state index is 12.4.